The molecule has 1 fully saturated rings. The van der Waals surface area contributed by atoms with Crippen LogP contribution in [-0.2, 0) is 10.3 Å². The molecule has 9 nitrogen and oxygen atoms in total. The molecule has 2 aromatic carbocycles. The zero-order valence-electron chi connectivity index (χ0n) is 17.3. The molecule has 0 spiro atoms. The molecule has 0 aliphatic carbocycles. The van der Waals surface area contributed by atoms with E-state index in [0.29, 0.717) is 0 Å². The third-order valence-corrected chi connectivity index (χ3v) is 4.99. The van der Waals surface area contributed by atoms with Gasteiger partial charge in [-0.1, -0.05) is 12.1 Å². The first-order valence-corrected chi connectivity index (χ1v) is 9.38. The molecule has 2 amide bonds. The smallest absolute Gasteiger partial charge is 0.434 e. The minimum atomic E-state index is -3.36. The lowest BCUT2D eigenvalue weighted by molar-refractivity contribution is -0.129. The Labute approximate surface area is 184 Å². The van der Waals surface area contributed by atoms with Gasteiger partial charge in [-0.3, -0.25) is 9.69 Å². The summed E-state index contributed by atoms with van der Waals surface area (Å²) < 4.78 is 59.3. The third kappa shape index (κ3) is 4.76. The van der Waals surface area contributed by atoms with Gasteiger partial charge >= 0.3 is 12.7 Å². The van der Waals surface area contributed by atoms with Crippen molar-refractivity contribution in [3.63, 3.8) is 0 Å². The van der Waals surface area contributed by atoms with Gasteiger partial charge in [0.2, 0.25) is 11.9 Å². The molecule has 1 aliphatic heterocycles. The number of carbonyl (C=O) groups excluding carboxylic acids is 1. The summed E-state index contributed by atoms with van der Waals surface area (Å²) in [4.78, 5) is 27.7. The molecule has 0 unspecified atom stereocenters. The number of guanidine groups is 1. The van der Waals surface area contributed by atoms with E-state index in [1.165, 1.54) is 32.2 Å². The van der Waals surface area contributed by atoms with Crippen LogP contribution < -0.4 is 21.1 Å². The van der Waals surface area contributed by atoms with Crippen LogP contribution >= 0.6 is 0 Å². The fraction of sp³-hybridized carbons (Fsp3) is 0.250. The van der Waals surface area contributed by atoms with Gasteiger partial charge in [0.15, 0.2) is 17.4 Å². The highest BCUT2D eigenvalue weighted by molar-refractivity contribution is 6.03. The molecule has 1 aliphatic rings. The number of aliphatic imine (C=N–C) groups is 1. The van der Waals surface area contributed by atoms with Crippen molar-refractivity contribution in [3.8, 4) is 5.75 Å². The first kappa shape index (κ1) is 23.6. The SMILES string of the molecule is CN1C(=O)C[C@@](C)(c2cccc(Nc3c(N)ccc(F)c3OC(F)F)c2F)N/C1=N\C(=O)O. The van der Waals surface area contributed by atoms with Crippen molar-refractivity contribution < 1.29 is 37.0 Å². The maximum Gasteiger partial charge on any atom is 0.434 e. The van der Waals surface area contributed by atoms with Crippen LogP contribution in [0.2, 0.25) is 0 Å². The second-order valence-electron chi connectivity index (χ2n) is 7.32. The molecule has 0 saturated carbocycles. The molecule has 176 valence electrons. The van der Waals surface area contributed by atoms with Gasteiger partial charge in [-0.25, -0.2) is 13.6 Å². The van der Waals surface area contributed by atoms with Gasteiger partial charge in [0.1, 0.15) is 5.69 Å². The maximum absolute atomic E-state index is 15.5. The van der Waals surface area contributed by atoms with Crippen LogP contribution in [-0.4, -0.2) is 41.6 Å². The highest BCUT2D eigenvalue weighted by Gasteiger charge is 2.41. The largest absolute Gasteiger partial charge is 0.463 e. The lowest BCUT2D eigenvalue weighted by Crippen LogP contribution is -2.59. The van der Waals surface area contributed by atoms with Gasteiger partial charge in [0.25, 0.3) is 0 Å². The number of carbonyl (C=O) groups is 2. The van der Waals surface area contributed by atoms with Crippen LogP contribution in [0.5, 0.6) is 5.75 Å². The van der Waals surface area contributed by atoms with Crippen LogP contribution in [0.3, 0.4) is 0 Å². The summed E-state index contributed by atoms with van der Waals surface area (Å²) in [7, 11) is 1.31. The van der Waals surface area contributed by atoms with Crippen LogP contribution in [0.25, 0.3) is 0 Å². The highest BCUT2D eigenvalue weighted by atomic mass is 19.3. The average molecular weight is 469 g/mol. The number of rotatable bonds is 5. The summed E-state index contributed by atoms with van der Waals surface area (Å²) in [6.45, 7) is -1.90. The van der Waals surface area contributed by atoms with Crippen molar-refractivity contribution in [2.45, 2.75) is 25.5 Å². The summed E-state index contributed by atoms with van der Waals surface area (Å²) in [5.74, 6) is -3.81. The van der Waals surface area contributed by atoms with E-state index in [1.807, 2.05) is 0 Å². The number of hydrogen-bond donors (Lipinski definition) is 4. The standard InChI is InChI=1S/C20H19F4N5O4/c1-20(8-13(30)29(2)18(28-20)27-19(31)32)9-4-3-5-12(14(9)22)26-15-11(25)7-6-10(21)16(15)33-17(23)24/h3-7,17,26H,8,25H2,1-2H3,(H,27,28)(H,31,32)/t20-/m0/s1. The predicted molar refractivity (Wildman–Crippen MR) is 110 cm³/mol. The third-order valence-electron chi connectivity index (χ3n) is 4.99. The molecule has 1 saturated heterocycles. The molecular weight excluding hydrogens is 450 g/mol. The van der Waals surface area contributed by atoms with E-state index < -0.39 is 47.2 Å². The van der Waals surface area contributed by atoms with E-state index in [2.05, 4.69) is 20.4 Å². The van der Waals surface area contributed by atoms with Crippen molar-refractivity contribution in [3.05, 3.63) is 47.5 Å². The second kappa shape index (κ2) is 8.84. The minimum absolute atomic E-state index is 0.0710. The summed E-state index contributed by atoms with van der Waals surface area (Å²) >= 11 is 0. The van der Waals surface area contributed by atoms with Crippen molar-refractivity contribution >= 4 is 35.0 Å². The molecule has 0 aromatic heterocycles. The number of halogens is 4. The lowest BCUT2D eigenvalue weighted by Gasteiger charge is -2.40. The van der Waals surface area contributed by atoms with Crippen LogP contribution in [0, 0.1) is 11.6 Å². The number of nitrogens with zero attached hydrogens (tertiary/aromatic N) is 2. The number of carboxylic acid groups (broad SMARTS) is 1. The normalized spacial score (nSPS) is 19.5. The zero-order valence-corrected chi connectivity index (χ0v) is 17.3. The number of amides is 2. The quantitative estimate of drug-likeness (QED) is 0.389. The Hall–Kier alpha value is -4.03. The first-order chi connectivity index (χ1) is 15.4. The predicted octanol–water partition coefficient (Wildman–Crippen LogP) is 3.59. The topological polar surface area (TPSA) is 129 Å². The molecule has 33 heavy (non-hydrogen) atoms. The van der Waals surface area contributed by atoms with E-state index in [-0.39, 0.29) is 29.3 Å². The molecule has 0 bridgehead atoms. The molecule has 13 heteroatoms. The minimum Gasteiger partial charge on any atom is -0.463 e. The van der Waals surface area contributed by atoms with Gasteiger partial charge in [-0.05, 0) is 25.1 Å². The van der Waals surface area contributed by atoms with Crippen molar-refractivity contribution in [2.24, 2.45) is 4.99 Å². The molecule has 2 aromatic rings. The van der Waals surface area contributed by atoms with Crippen molar-refractivity contribution in [1.82, 2.24) is 10.2 Å². The lowest BCUT2D eigenvalue weighted by atomic mass is 9.86. The average Bonchev–Trinajstić information content (AvgIpc) is 2.71. The molecular formula is C20H19F4N5O4. The maximum atomic E-state index is 15.5. The van der Waals surface area contributed by atoms with Gasteiger partial charge in [0, 0.05) is 12.6 Å². The number of hydrogen-bond acceptors (Lipinski definition) is 5. The Morgan fingerprint density at radius 3 is 2.67 bits per heavy atom. The summed E-state index contributed by atoms with van der Waals surface area (Å²) in [6.07, 6.45) is -1.82. The molecule has 0 radical (unpaired) electrons. The number of nitrogens with one attached hydrogen (secondary N) is 2. The molecule has 3 rings (SSSR count). The monoisotopic (exact) mass is 469 g/mol. The van der Waals surface area contributed by atoms with Gasteiger partial charge in [-0.2, -0.15) is 8.78 Å². The van der Waals surface area contributed by atoms with E-state index in [1.54, 1.807) is 0 Å². The zero-order chi connectivity index (χ0) is 24.5. The van der Waals surface area contributed by atoms with Gasteiger partial charge in [0.05, 0.1) is 23.3 Å². The number of benzene rings is 2. The Morgan fingerprint density at radius 1 is 1.33 bits per heavy atom. The fourth-order valence-corrected chi connectivity index (χ4v) is 3.37. The molecule has 5 N–H and O–H groups in total. The van der Waals surface area contributed by atoms with Crippen LogP contribution in [0.15, 0.2) is 35.3 Å². The summed E-state index contributed by atoms with van der Waals surface area (Å²) in [5.41, 5.74) is 3.38. The number of anilines is 3. The van der Waals surface area contributed by atoms with Gasteiger partial charge < -0.3 is 26.2 Å². The number of nitrogen functional groups attached to an aromatic ring is 1. The van der Waals surface area contributed by atoms with Crippen molar-refractivity contribution in [1.29, 1.82) is 0 Å². The Kier molecular flexibility index (Phi) is 6.33. The number of alkyl halides is 2. The highest BCUT2D eigenvalue weighted by Crippen LogP contribution is 2.39. The van der Waals surface area contributed by atoms with Crippen molar-refractivity contribution in [2.75, 3.05) is 18.1 Å². The van der Waals surface area contributed by atoms with Crippen LogP contribution in [0.1, 0.15) is 18.9 Å². The Morgan fingerprint density at radius 2 is 2.03 bits per heavy atom. The number of ether oxygens (including phenoxy) is 1. The number of nitrogens with two attached hydrogens (primary N) is 1. The van der Waals surface area contributed by atoms with E-state index in [0.717, 1.165) is 17.0 Å². The van der Waals surface area contributed by atoms with E-state index in [9.17, 15) is 22.8 Å². The van der Waals surface area contributed by atoms with Crippen LogP contribution in [0.4, 0.5) is 39.4 Å². The second-order valence-corrected chi connectivity index (χ2v) is 7.32. The first-order valence-electron chi connectivity index (χ1n) is 9.38. The molecule has 1 heterocycles. The van der Waals surface area contributed by atoms with E-state index >= 15 is 4.39 Å². The van der Waals surface area contributed by atoms with E-state index in [4.69, 9.17) is 10.8 Å². The van der Waals surface area contributed by atoms with Gasteiger partial charge in [-0.15, -0.1) is 4.99 Å². The summed E-state index contributed by atoms with van der Waals surface area (Å²) in [5, 5.41) is 14.2. The Bertz CT molecular complexity index is 1140. The molecule has 1 atom stereocenters. The fourth-order valence-electron chi connectivity index (χ4n) is 3.37. The Balaban J connectivity index is 2.04. The summed E-state index contributed by atoms with van der Waals surface area (Å²) in [6, 6.07) is 5.89.